The van der Waals surface area contributed by atoms with Crippen LogP contribution in [0.25, 0.3) is 22.2 Å². The van der Waals surface area contributed by atoms with E-state index in [0.29, 0.717) is 38.7 Å². The van der Waals surface area contributed by atoms with Crippen molar-refractivity contribution in [3.63, 3.8) is 0 Å². The summed E-state index contributed by atoms with van der Waals surface area (Å²) in [5.74, 6) is 0.763. The van der Waals surface area contributed by atoms with E-state index in [1.54, 1.807) is 0 Å². The molecule has 0 saturated heterocycles. The van der Waals surface area contributed by atoms with Gasteiger partial charge in [0, 0.05) is 23.7 Å². The summed E-state index contributed by atoms with van der Waals surface area (Å²) in [6.45, 7) is 4.59. The zero-order valence-corrected chi connectivity index (χ0v) is 14.6. The SMILES string of the molecule is C[C@@H]1COc2ccc3[nH]nc(c3c2)-c2cc(C#N)n(c2)CCOCCO1. The minimum Gasteiger partial charge on any atom is -0.491 e. The molecule has 1 N–H and O–H groups in total. The first-order valence-corrected chi connectivity index (χ1v) is 8.65. The van der Waals surface area contributed by atoms with Gasteiger partial charge >= 0.3 is 0 Å². The van der Waals surface area contributed by atoms with E-state index >= 15 is 0 Å². The van der Waals surface area contributed by atoms with Gasteiger partial charge in [-0.05, 0) is 31.2 Å². The molecule has 0 radical (unpaired) electrons. The first kappa shape index (κ1) is 16.6. The lowest BCUT2D eigenvalue weighted by molar-refractivity contribution is -0.00698. The molecule has 0 aliphatic carbocycles. The van der Waals surface area contributed by atoms with Gasteiger partial charge in [0.25, 0.3) is 0 Å². The van der Waals surface area contributed by atoms with Crippen molar-refractivity contribution in [3.8, 4) is 23.1 Å². The van der Waals surface area contributed by atoms with Crippen molar-refractivity contribution in [2.45, 2.75) is 19.6 Å². The number of nitrogens with zero attached hydrogens (tertiary/aromatic N) is 3. The molecule has 0 amide bonds. The molecular weight excluding hydrogens is 332 g/mol. The number of nitriles is 1. The monoisotopic (exact) mass is 352 g/mol. The van der Waals surface area contributed by atoms with E-state index in [9.17, 15) is 5.26 Å². The number of ether oxygens (including phenoxy) is 3. The number of hydrogen-bond donors (Lipinski definition) is 1. The summed E-state index contributed by atoms with van der Waals surface area (Å²) in [4.78, 5) is 0. The second-order valence-corrected chi connectivity index (χ2v) is 6.30. The maximum absolute atomic E-state index is 9.42. The molecular formula is C19H20N4O3. The fourth-order valence-electron chi connectivity index (χ4n) is 3.05. The van der Waals surface area contributed by atoms with Crippen LogP contribution in [0, 0.1) is 11.3 Å². The van der Waals surface area contributed by atoms with E-state index in [4.69, 9.17) is 14.2 Å². The molecule has 1 aliphatic rings. The largest absolute Gasteiger partial charge is 0.491 e. The Balaban J connectivity index is 1.75. The molecule has 0 saturated carbocycles. The van der Waals surface area contributed by atoms with E-state index < -0.39 is 0 Å². The highest BCUT2D eigenvalue weighted by atomic mass is 16.5. The number of hydrogen-bond acceptors (Lipinski definition) is 5. The lowest BCUT2D eigenvalue weighted by Crippen LogP contribution is -2.21. The van der Waals surface area contributed by atoms with Crippen molar-refractivity contribution in [1.29, 1.82) is 5.26 Å². The number of fused-ring (bicyclic) bond motifs is 4. The first-order valence-electron chi connectivity index (χ1n) is 8.65. The molecule has 7 nitrogen and oxygen atoms in total. The van der Waals surface area contributed by atoms with Gasteiger partial charge in [0.1, 0.15) is 29.8 Å². The van der Waals surface area contributed by atoms with Gasteiger partial charge in [0.15, 0.2) is 0 Å². The summed E-state index contributed by atoms with van der Waals surface area (Å²) in [5, 5.41) is 17.9. The van der Waals surface area contributed by atoms with Gasteiger partial charge in [-0.3, -0.25) is 5.10 Å². The summed E-state index contributed by atoms with van der Waals surface area (Å²) < 4.78 is 19.1. The van der Waals surface area contributed by atoms with Gasteiger partial charge in [0.2, 0.25) is 0 Å². The second kappa shape index (κ2) is 7.20. The van der Waals surface area contributed by atoms with Crippen molar-refractivity contribution in [2.24, 2.45) is 0 Å². The molecule has 4 rings (SSSR count). The van der Waals surface area contributed by atoms with Crippen molar-refractivity contribution >= 4 is 10.9 Å². The first-order chi connectivity index (χ1) is 12.7. The number of aromatic amines is 1. The van der Waals surface area contributed by atoms with Crippen LogP contribution in [0.4, 0.5) is 0 Å². The Kier molecular flexibility index (Phi) is 4.61. The average Bonchev–Trinajstić information content (AvgIpc) is 3.25. The van der Waals surface area contributed by atoms with Gasteiger partial charge in [-0.15, -0.1) is 0 Å². The van der Waals surface area contributed by atoms with Crippen LogP contribution in [0.1, 0.15) is 12.6 Å². The summed E-state index contributed by atoms with van der Waals surface area (Å²) in [5.41, 5.74) is 3.21. The lowest BCUT2D eigenvalue weighted by Gasteiger charge is -2.15. The molecule has 0 fully saturated rings. The molecule has 0 unspecified atom stereocenters. The molecule has 134 valence electrons. The summed E-state index contributed by atoms with van der Waals surface area (Å²) in [6.07, 6.45) is 1.91. The van der Waals surface area contributed by atoms with Crippen LogP contribution in [0.5, 0.6) is 5.75 Å². The van der Waals surface area contributed by atoms with Crippen LogP contribution in [0.3, 0.4) is 0 Å². The Labute approximate surface area is 151 Å². The second-order valence-electron chi connectivity index (χ2n) is 6.30. The smallest absolute Gasteiger partial charge is 0.120 e. The maximum Gasteiger partial charge on any atom is 0.120 e. The minimum absolute atomic E-state index is 0.0273. The van der Waals surface area contributed by atoms with Crippen molar-refractivity contribution in [2.75, 3.05) is 26.4 Å². The van der Waals surface area contributed by atoms with Gasteiger partial charge in [-0.1, -0.05) is 0 Å². The van der Waals surface area contributed by atoms with E-state index in [1.165, 1.54) is 0 Å². The Bertz CT molecular complexity index is 953. The van der Waals surface area contributed by atoms with Crippen molar-refractivity contribution < 1.29 is 14.2 Å². The lowest BCUT2D eigenvalue weighted by atomic mass is 10.1. The Morgan fingerprint density at radius 1 is 1.27 bits per heavy atom. The predicted octanol–water partition coefficient (Wildman–Crippen LogP) is 2.72. The molecule has 4 bridgehead atoms. The van der Waals surface area contributed by atoms with Crippen molar-refractivity contribution in [1.82, 2.24) is 14.8 Å². The number of nitrogens with one attached hydrogen (secondary N) is 1. The standard InChI is InChI=1S/C19H20N4O3/c1-13-12-26-16-2-3-18-17(9-16)19(22-21-18)14-8-15(10-20)23(11-14)4-5-24-6-7-25-13/h2-3,8-9,11,13H,4-7,12H2,1H3,(H,21,22)/t13-/m1/s1. The normalized spacial score (nSPS) is 18.5. The van der Waals surface area contributed by atoms with Crippen LogP contribution >= 0.6 is 0 Å². The quantitative estimate of drug-likeness (QED) is 0.672. The van der Waals surface area contributed by atoms with Crippen LogP contribution in [0.2, 0.25) is 0 Å². The van der Waals surface area contributed by atoms with Gasteiger partial charge in [0.05, 0.1) is 31.4 Å². The Morgan fingerprint density at radius 2 is 2.19 bits per heavy atom. The van der Waals surface area contributed by atoms with E-state index in [0.717, 1.165) is 27.9 Å². The molecule has 3 aromatic rings. The van der Waals surface area contributed by atoms with Gasteiger partial charge in [-0.25, -0.2) is 0 Å². The van der Waals surface area contributed by atoms with E-state index in [2.05, 4.69) is 16.3 Å². The van der Waals surface area contributed by atoms with Crippen LogP contribution in [0.15, 0.2) is 30.5 Å². The van der Waals surface area contributed by atoms with Gasteiger partial charge < -0.3 is 18.8 Å². The number of aromatic nitrogens is 3. The number of rotatable bonds is 0. The molecule has 2 aromatic heterocycles. The summed E-state index contributed by atoms with van der Waals surface area (Å²) in [6, 6.07) is 9.92. The molecule has 7 heteroatoms. The average molecular weight is 352 g/mol. The third-order valence-corrected chi connectivity index (χ3v) is 4.41. The third-order valence-electron chi connectivity index (χ3n) is 4.41. The molecule has 3 heterocycles. The molecule has 1 aliphatic heterocycles. The Morgan fingerprint density at radius 3 is 3.08 bits per heavy atom. The zero-order chi connectivity index (χ0) is 17.9. The third kappa shape index (κ3) is 3.29. The van der Waals surface area contributed by atoms with Crippen LogP contribution in [-0.2, 0) is 16.0 Å². The van der Waals surface area contributed by atoms with Crippen molar-refractivity contribution in [3.05, 3.63) is 36.2 Å². The fourth-order valence-corrected chi connectivity index (χ4v) is 3.05. The molecule has 1 aromatic carbocycles. The molecule has 1 atom stereocenters. The van der Waals surface area contributed by atoms with Crippen LogP contribution < -0.4 is 4.74 Å². The maximum atomic E-state index is 9.42. The van der Waals surface area contributed by atoms with E-state index in [-0.39, 0.29) is 6.10 Å². The summed E-state index contributed by atoms with van der Waals surface area (Å²) in [7, 11) is 0. The molecule has 26 heavy (non-hydrogen) atoms. The highest BCUT2D eigenvalue weighted by Gasteiger charge is 2.14. The predicted molar refractivity (Wildman–Crippen MR) is 96.0 cm³/mol. The van der Waals surface area contributed by atoms with E-state index in [1.807, 2.05) is 42.0 Å². The zero-order valence-electron chi connectivity index (χ0n) is 14.6. The highest BCUT2D eigenvalue weighted by Crippen LogP contribution is 2.30. The summed E-state index contributed by atoms with van der Waals surface area (Å²) >= 11 is 0. The van der Waals surface area contributed by atoms with Gasteiger partial charge in [-0.2, -0.15) is 10.4 Å². The topological polar surface area (TPSA) is 85.1 Å². The number of H-pyrrole nitrogens is 1. The Hall–Kier alpha value is -2.82. The number of benzene rings is 1. The highest BCUT2D eigenvalue weighted by molar-refractivity contribution is 5.93. The minimum atomic E-state index is -0.0273. The fraction of sp³-hybridized carbons (Fsp3) is 0.368. The molecule has 0 spiro atoms. The van der Waals surface area contributed by atoms with Crippen LogP contribution in [-0.4, -0.2) is 47.3 Å².